The predicted octanol–water partition coefficient (Wildman–Crippen LogP) is 12.7. The predicted molar refractivity (Wildman–Crippen MR) is 286 cm³/mol. The maximum Gasteiger partial charge on any atom is 0.238 e. The Morgan fingerprint density at radius 3 is 1.32 bits per heavy atom. The molecule has 10 nitrogen and oxygen atoms in total. The molecule has 2 aliphatic heterocycles. The molecule has 4 saturated carbocycles. The van der Waals surface area contributed by atoms with E-state index in [0.717, 1.165) is 80.4 Å². The SMILES string of the molecule is O=C(Cc1cc(C2CC2)n[nH]1)c1cccc(CN2C(=O)[C@@]3(C[C@H]3c3ccc(Cl)cc3)c3ccccc32)c1.O=C(Cc1cc(C2CC2)n[nH]1)c1cccc(CN2C(=O)[C@]3(C[C@@H]3c3ccc(Cl)cc3)c3ccccc32)c1. The Balaban J connectivity index is 0.000000143. The largest absolute Gasteiger partial charge is 0.307 e. The number of ketones is 2. The summed E-state index contributed by atoms with van der Waals surface area (Å²) in [6.07, 6.45) is 6.90. The van der Waals surface area contributed by atoms with Crippen LogP contribution in [-0.2, 0) is 46.4 Å². The third-order valence-corrected chi connectivity index (χ3v) is 16.7. The lowest BCUT2D eigenvalue weighted by molar-refractivity contribution is -0.121. The molecule has 0 unspecified atom stereocenters. The smallest absolute Gasteiger partial charge is 0.238 e. The van der Waals surface area contributed by atoms with Gasteiger partial charge in [0.15, 0.2) is 11.6 Å². The molecule has 12 heteroatoms. The number of amides is 2. The topological polar surface area (TPSA) is 132 Å². The second-order valence-electron chi connectivity index (χ2n) is 21.2. The summed E-state index contributed by atoms with van der Waals surface area (Å²) in [5.41, 5.74) is 12.4. The highest BCUT2D eigenvalue weighted by molar-refractivity contribution is 6.31. The van der Waals surface area contributed by atoms with Gasteiger partial charge in [-0.25, -0.2) is 0 Å². The number of para-hydroxylation sites is 2. The number of halogens is 2. The number of rotatable bonds is 14. The quantitative estimate of drug-likeness (QED) is 0.104. The standard InChI is InChI=1S/2C31H26ClN3O2/c2*32-23-12-10-20(11-13-23)26-17-31(26)25-6-1-2-7-28(25)35(30(31)37)18-19-4-3-5-22(14-19)29(36)16-24-15-27(34-33-24)21-8-9-21/h2*1-7,10-15,21,26H,8-9,16-18H2,(H,33,34)/t2*26-,31-/m10/s1. The minimum Gasteiger partial charge on any atom is -0.307 e. The first-order valence-corrected chi connectivity index (χ1v) is 26.5. The van der Waals surface area contributed by atoms with Gasteiger partial charge < -0.3 is 9.80 Å². The normalized spacial score (nSPS) is 21.9. The van der Waals surface area contributed by atoms with Gasteiger partial charge in [0.25, 0.3) is 0 Å². The number of carbonyl (C=O) groups excluding carboxylic acids is 4. The Labute approximate surface area is 439 Å². The zero-order valence-corrected chi connectivity index (χ0v) is 42.1. The van der Waals surface area contributed by atoms with Crippen molar-refractivity contribution in [2.45, 2.75) is 99.0 Å². The number of Topliss-reactive ketones (excluding diaryl/α,β-unsaturated/α-hetero) is 2. The van der Waals surface area contributed by atoms with Crippen molar-refractivity contribution in [3.05, 3.63) is 235 Å². The van der Waals surface area contributed by atoms with Crippen LogP contribution in [0, 0.1) is 0 Å². The van der Waals surface area contributed by atoms with Gasteiger partial charge in [-0.3, -0.25) is 29.4 Å². The first-order valence-electron chi connectivity index (χ1n) is 25.7. The van der Waals surface area contributed by atoms with Crippen LogP contribution < -0.4 is 9.80 Å². The van der Waals surface area contributed by atoms with E-state index in [1.165, 1.54) is 25.7 Å². The molecule has 4 fully saturated rings. The number of nitrogens with zero attached hydrogens (tertiary/aromatic N) is 4. The van der Waals surface area contributed by atoms with Gasteiger partial charge in [0, 0.05) is 67.6 Å². The van der Waals surface area contributed by atoms with Crippen LogP contribution in [0.4, 0.5) is 11.4 Å². The molecule has 2 spiro atoms. The van der Waals surface area contributed by atoms with Crippen molar-refractivity contribution >= 4 is 58.0 Å². The van der Waals surface area contributed by atoms with E-state index in [1.54, 1.807) is 0 Å². The minimum absolute atomic E-state index is 0.0439. The summed E-state index contributed by atoms with van der Waals surface area (Å²) in [4.78, 5) is 57.8. The third-order valence-electron chi connectivity index (χ3n) is 16.2. The first-order chi connectivity index (χ1) is 36.0. The molecule has 2 amide bonds. The molecular weight excluding hydrogens is 964 g/mol. The fourth-order valence-electron chi connectivity index (χ4n) is 11.9. The highest BCUT2D eigenvalue weighted by atomic mass is 35.5. The van der Waals surface area contributed by atoms with E-state index in [1.807, 2.05) is 155 Å². The van der Waals surface area contributed by atoms with Gasteiger partial charge in [-0.05, 0) is 133 Å². The molecule has 2 aromatic heterocycles. The molecule has 74 heavy (non-hydrogen) atoms. The van der Waals surface area contributed by atoms with E-state index in [0.29, 0.717) is 58.9 Å². The van der Waals surface area contributed by atoms with E-state index in [2.05, 4.69) is 32.5 Å². The molecule has 4 atom stereocenters. The molecule has 8 aromatic rings. The van der Waals surface area contributed by atoms with Crippen molar-refractivity contribution in [3.63, 3.8) is 0 Å². The zero-order valence-electron chi connectivity index (χ0n) is 40.6. The van der Waals surface area contributed by atoms with Crippen LogP contribution in [0.1, 0.15) is 139 Å². The molecule has 2 N–H and O–H groups in total. The second kappa shape index (κ2) is 18.2. The number of benzene rings is 6. The number of H-pyrrole nitrogens is 2. The number of nitrogens with one attached hydrogen (secondary N) is 2. The van der Waals surface area contributed by atoms with Crippen molar-refractivity contribution in [1.29, 1.82) is 0 Å². The van der Waals surface area contributed by atoms with Crippen LogP contribution in [0.2, 0.25) is 10.0 Å². The van der Waals surface area contributed by atoms with Crippen LogP contribution in [0.3, 0.4) is 0 Å². The van der Waals surface area contributed by atoms with Gasteiger partial charge >= 0.3 is 0 Å². The first kappa shape index (κ1) is 46.4. The maximum absolute atomic E-state index is 13.9. The van der Waals surface area contributed by atoms with Crippen molar-refractivity contribution in [2.24, 2.45) is 0 Å². The molecular formula is C62H52Cl2N6O4. The molecule has 0 radical (unpaired) electrons. The summed E-state index contributed by atoms with van der Waals surface area (Å²) in [5.74, 6) is 1.75. The summed E-state index contributed by atoms with van der Waals surface area (Å²) >= 11 is 12.2. The number of hydrogen-bond donors (Lipinski definition) is 2. The number of hydrogen-bond acceptors (Lipinski definition) is 6. The molecule has 0 bridgehead atoms. The number of aromatic nitrogens is 4. The van der Waals surface area contributed by atoms with E-state index >= 15 is 0 Å². The Morgan fingerprint density at radius 2 is 0.919 bits per heavy atom. The summed E-state index contributed by atoms with van der Waals surface area (Å²) in [7, 11) is 0. The number of fused-ring (bicyclic) bond motifs is 4. The van der Waals surface area contributed by atoms with Gasteiger partial charge in [0.1, 0.15) is 0 Å². The lowest BCUT2D eigenvalue weighted by atomic mass is 9.92. The molecule has 6 aromatic carbocycles. The minimum atomic E-state index is -0.516. The van der Waals surface area contributed by atoms with Crippen molar-refractivity contribution < 1.29 is 19.2 Å². The Kier molecular flexibility index (Phi) is 11.4. The van der Waals surface area contributed by atoms with Crippen molar-refractivity contribution in [2.75, 3.05) is 9.80 Å². The highest BCUT2D eigenvalue weighted by Gasteiger charge is 2.68. The monoisotopic (exact) mass is 1010 g/mol. The number of aromatic amines is 2. The summed E-state index contributed by atoms with van der Waals surface area (Å²) < 4.78 is 0. The average Bonchev–Trinajstić information content (AvgIpc) is 4.32. The summed E-state index contributed by atoms with van der Waals surface area (Å²) in [5, 5.41) is 16.2. The van der Waals surface area contributed by atoms with Crippen LogP contribution in [0.25, 0.3) is 0 Å². The number of carbonyl (C=O) groups is 4. The van der Waals surface area contributed by atoms with Gasteiger partial charge in [0.05, 0.1) is 48.1 Å². The lowest BCUT2D eigenvalue weighted by Crippen LogP contribution is -2.32. The fourth-order valence-corrected chi connectivity index (χ4v) is 12.2. The van der Waals surface area contributed by atoms with E-state index in [9.17, 15) is 19.2 Å². The second-order valence-corrected chi connectivity index (χ2v) is 22.0. The Morgan fingerprint density at radius 1 is 0.514 bits per heavy atom. The fraction of sp³-hybridized carbons (Fsp3) is 0.258. The molecule has 368 valence electrons. The number of anilines is 2. The van der Waals surface area contributed by atoms with Gasteiger partial charge in [-0.1, -0.05) is 120 Å². The lowest BCUT2D eigenvalue weighted by Gasteiger charge is -2.19. The molecule has 4 heterocycles. The van der Waals surface area contributed by atoms with Gasteiger partial charge in [0.2, 0.25) is 11.8 Å². The maximum atomic E-state index is 13.9. The highest BCUT2D eigenvalue weighted by Crippen LogP contribution is 2.67. The molecule has 0 saturated heterocycles. The third kappa shape index (κ3) is 8.38. The van der Waals surface area contributed by atoms with E-state index in [-0.39, 0.29) is 35.2 Å². The van der Waals surface area contributed by atoms with Crippen LogP contribution in [-0.4, -0.2) is 43.8 Å². The van der Waals surface area contributed by atoms with Crippen LogP contribution >= 0.6 is 23.2 Å². The average molecular weight is 1020 g/mol. The van der Waals surface area contributed by atoms with Crippen molar-refractivity contribution in [1.82, 2.24) is 20.4 Å². The Hall–Kier alpha value is -7.40. The molecule has 6 aliphatic rings. The molecule has 4 aliphatic carbocycles. The molecule has 14 rings (SSSR count). The van der Waals surface area contributed by atoms with Crippen molar-refractivity contribution in [3.8, 4) is 0 Å². The Bertz CT molecular complexity index is 3310. The van der Waals surface area contributed by atoms with Crippen LogP contribution in [0.15, 0.2) is 158 Å². The van der Waals surface area contributed by atoms with E-state index < -0.39 is 10.8 Å². The van der Waals surface area contributed by atoms with Crippen LogP contribution in [0.5, 0.6) is 0 Å². The summed E-state index contributed by atoms with van der Waals surface area (Å²) in [6, 6.07) is 51.3. The summed E-state index contributed by atoms with van der Waals surface area (Å²) in [6.45, 7) is 0.865. The zero-order chi connectivity index (χ0) is 50.3. The van der Waals surface area contributed by atoms with Gasteiger partial charge in [-0.15, -0.1) is 0 Å². The van der Waals surface area contributed by atoms with E-state index in [4.69, 9.17) is 23.2 Å². The van der Waals surface area contributed by atoms with Gasteiger partial charge in [-0.2, -0.15) is 10.2 Å².